The van der Waals surface area contributed by atoms with Crippen LogP contribution in [0.4, 0.5) is 0 Å². The van der Waals surface area contributed by atoms with Crippen molar-refractivity contribution in [2.75, 3.05) is 0 Å². The first-order valence-electron chi connectivity index (χ1n) is 3.49. The molecule has 2 nitrogen and oxygen atoms in total. The van der Waals surface area contributed by atoms with E-state index in [1.165, 1.54) is 6.20 Å². The number of hydrogen-bond acceptors (Lipinski definition) is 2. The van der Waals surface area contributed by atoms with Crippen molar-refractivity contribution in [3.63, 3.8) is 0 Å². The highest BCUT2D eigenvalue weighted by atomic mass is 79.9. The van der Waals surface area contributed by atoms with Crippen molar-refractivity contribution in [3.05, 3.63) is 22.7 Å². The maximum absolute atomic E-state index is 6.96. The summed E-state index contributed by atoms with van der Waals surface area (Å²) in [5.74, 6) is -0.133. The van der Waals surface area contributed by atoms with Crippen LogP contribution in [0.3, 0.4) is 0 Å². The van der Waals surface area contributed by atoms with Crippen molar-refractivity contribution in [1.82, 2.24) is 9.97 Å². The van der Waals surface area contributed by atoms with E-state index in [1.54, 1.807) is 6.07 Å². The van der Waals surface area contributed by atoms with Gasteiger partial charge in [-0.05, 0) is 28.8 Å². The minimum absolute atomic E-state index is 0.133. The maximum Gasteiger partial charge on any atom is 0.126 e. The van der Waals surface area contributed by atoms with Gasteiger partial charge in [-0.25, -0.2) is 9.97 Å². The van der Waals surface area contributed by atoms with E-state index in [9.17, 15) is 0 Å². The van der Waals surface area contributed by atoms with Gasteiger partial charge < -0.3 is 0 Å². The maximum atomic E-state index is 6.96. The van der Waals surface area contributed by atoms with Gasteiger partial charge in [-0.1, -0.05) is 0 Å². The molecule has 1 aromatic heterocycles. The number of nitrogens with zero attached hydrogens (tertiary/aromatic N) is 2. The van der Waals surface area contributed by atoms with Gasteiger partial charge in [0.25, 0.3) is 0 Å². The summed E-state index contributed by atoms with van der Waals surface area (Å²) in [7, 11) is 0. The highest BCUT2D eigenvalue weighted by molar-refractivity contribution is 9.10. The molecule has 1 rings (SSSR count). The fourth-order valence-electron chi connectivity index (χ4n) is 0.337. The molecule has 0 aliphatic carbocycles. The van der Waals surface area contributed by atoms with Crippen LogP contribution in [0.1, 0.15) is 9.94 Å². The first-order valence-corrected chi connectivity index (χ1v) is 2.78. The average Bonchev–Trinajstić information content (AvgIpc) is 1.86. The second-order valence-electron chi connectivity index (χ2n) is 1.20. The van der Waals surface area contributed by atoms with Crippen LogP contribution in [0.15, 0.2) is 16.9 Å². The summed E-state index contributed by atoms with van der Waals surface area (Å²) in [6.07, 6.45) is 1.40. The third kappa shape index (κ3) is 1.26. The Morgan fingerprint density at radius 1 is 1.88 bits per heavy atom. The van der Waals surface area contributed by atoms with Crippen molar-refractivity contribution in [3.8, 4) is 0 Å². The molecule has 0 atom stereocenters. The molecule has 0 fully saturated rings. The van der Waals surface area contributed by atoms with Crippen LogP contribution in [-0.2, 0) is 0 Å². The molecule has 0 unspecified atom stereocenters. The van der Waals surface area contributed by atoms with Crippen molar-refractivity contribution in [2.45, 2.75) is 6.85 Å². The van der Waals surface area contributed by atoms with Gasteiger partial charge in [0, 0.05) is 10.3 Å². The smallest absolute Gasteiger partial charge is 0.126 e. The molecule has 1 heterocycles. The van der Waals surface area contributed by atoms with E-state index in [0.717, 1.165) is 0 Å². The lowest BCUT2D eigenvalue weighted by Crippen LogP contribution is -1.83. The number of aryl methyl sites for hydroxylation is 1. The first-order chi connectivity index (χ1) is 5.00. The molecule has 0 N–H and O–H groups in total. The van der Waals surface area contributed by atoms with Gasteiger partial charge >= 0.3 is 0 Å². The molecule has 0 aromatic carbocycles. The molecule has 0 spiro atoms. The standard InChI is InChI=1S/C5H5BrN2/c1-4-7-3-2-5(6)8-4/h2-3H,1H3/i1+1D3. The van der Waals surface area contributed by atoms with E-state index >= 15 is 0 Å². The van der Waals surface area contributed by atoms with Crippen molar-refractivity contribution in [1.29, 1.82) is 0 Å². The molecule has 42 valence electrons. The molecule has 0 saturated carbocycles. The average molecular weight is 177 g/mol. The Morgan fingerprint density at radius 2 is 2.75 bits per heavy atom. The van der Waals surface area contributed by atoms with Crippen LogP contribution < -0.4 is 0 Å². The van der Waals surface area contributed by atoms with Crippen molar-refractivity contribution >= 4 is 15.9 Å². The lowest BCUT2D eigenvalue weighted by Gasteiger charge is -1.87. The highest BCUT2D eigenvalue weighted by Crippen LogP contribution is 2.01. The van der Waals surface area contributed by atoms with Crippen LogP contribution in [0.5, 0.6) is 0 Å². The van der Waals surface area contributed by atoms with Crippen LogP contribution >= 0.6 is 15.9 Å². The number of halogens is 1. The lowest BCUT2D eigenvalue weighted by atomic mass is 10.7. The Balaban J connectivity index is 3.06. The Morgan fingerprint density at radius 3 is 3.25 bits per heavy atom. The number of hydrogen-bond donors (Lipinski definition) is 0. The molecule has 3 heteroatoms. The van der Waals surface area contributed by atoms with Gasteiger partial charge in [0.15, 0.2) is 0 Å². The molecule has 0 amide bonds. The molecule has 8 heavy (non-hydrogen) atoms. The summed E-state index contributed by atoms with van der Waals surface area (Å²) in [5, 5.41) is 0. The van der Waals surface area contributed by atoms with Crippen LogP contribution in [0.2, 0.25) is 0 Å². The zero-order chi connectivity index (χ0) is 8.48. The third-order valence-corrected chi connectivity index (χ3v) is 1.06. The second kappa shape index (κ2) is 2.22. The predicted octanol–water partition coefficient (Wildman–Crippen LogP) is 1.55. The van der Waals surface area contributed by atoms with Gasteiger partial charge in [0.05, 0.1) is 0 Å². The molecular formula is C5H5BrN2. The summed E-state index contributed by atoms with van der Waals surface area (Å²) >= 11 is 3.05. The summed E-state index contributed by atoms with van der Waals surface area (Å²) in [4.78, 5) is 7.29. The Hall–Kier alpha value is -0.440. The highest BCUT2D eigenvalue weighted by Gasteiger charge is 1.85. The van der Waals surface area contributed by atoms with Gasteiger partial charge in [-0.15, -0.1) is 0 Å². The SMILES string of the molecule is [2H][13C]([2H])([2H])c1nccc(Br)n1. The van der Waals surface area contributed by atoms with E-state index < -0.39 is 6.85 Å². The Kier molecular flexibility index (Phi) is 0.809. The van der Waals surface area contributed by atoms with Gasteiger partial charge in [0.2, 0.25) is 0 Å². The van der Waals surface area contributed by atoms with Crippen LogP contribution in [-0.4, -0.2) is 9.97 Å². The van der Waals surface area contributed by atoms with Crippen molar-refractivity contribution < 1.29 is 4.11 Å². The molecule has 1 aromatic rings. The van der Waals surface area contributed by atoms with Gasteiger partial charge in [-0.3, -0.25) is 0 Å². The number of aromatic nitrogens is 2. The van der Waals surface area contributed by atoms with Crippen LogP contribution in [0.25, 0.3) is 0 Å². The largest absolute Gasteiger partial charge is 0.242 e. The summed E-state index contributed by atoms with van der Waals surface area (Å²) < 4.78 is 21.4. The van der Waals surface area contributed by atoms with Crippen molar-refractivity contribution in [2.24, 2.45) is 0 Å². The molecular weight excluding hydrogens is 169 g/mol. The quantitative estimate of drug-likeness (QED) is 0.443. The normalized spacial score (nSPS) is 16.4. The summed E-state index contributed by atoms with van der Waals surface area (Å²) in [6.45, 7) is -2.22. The monoisotopic (exact) mass is 176 g/mol. The zero-order valence-corrected chi connectivity index (χ0v) is 5.51. The Labute approximate surface area is 60.3 Å². The lowest BCUT2D eigenvalue weighted by molar-refractivity contribution is 1.03. The second-order valence-corrected chi connectivity index (χ2v) is 2.02. The zero-order valence-electron chi connectivity index (χ0n) is 6.93. The van der Waals surface area contributed by atoms with Gasteiger partial charge in [0.1, 0.15) is 10.4 Å². The van der Waals surface area contributed by atoms with E-state index in [4.69, 9.17) is 4.11 Å². The molecule has 0 aliphatic heterocycles. The molecule has 0 aliphatic rings. The molecule has 0 saturated heterocycles. The van der Waals surface area contributed by atoms with Gasteiger partial charge in [-0.2, -0.15) is 0 Å². The topological polar surface area (TPSA) is 25.8 Å². The molecule has 0 bridgehead atoms. The van der Waals surface area contributed by atoms with E-state index in [2.05, 4.69) is 25.9 Å². The van der Waals surface area contributed by atoms with E-state index in [-0.39, 0.29) is 5.82 Å². The minimum atomic E-state index is -2.22. The fourth-order valence-corrected chi connectivity index (χ4v) is 0.623. The van der Waals surface area contributed by atoms with E-state index in [0.29, 0.717) is 4.60 Å². The first kappa shape index (κ1) is 2.92. The van der Waals surface area contributed by atoms with E-state index in [1.807, 2.05) is 0 Å². The third-order valence-electron chi connectivity index (χ3n) is 0.622. The summed E-state index contributed by atoms with van der Waals surface area (Å²) in [5.41, 5.74) is 0. The Bertz CT molecular complexity index is 260. The molecule has 0 radical (unpaired) electrons. The summed E-state index contributed by atoms with van der Waals surface area (Å²) in [6, 6.07) is 1.58. The number of rotatable bonds is 0. The minimum Gasteiger partial charge on any atom is -0.242 e. The fraction of sp³-hybridized carbons (Fsp3) is 0.200. The predicted molar refractivity (Wildman–Crippen MR) is 34.5 cm³/mol. The van der Waals surface area contributed by atoms with Crippen LogP contribution in [0, 0.1) is 6.85 Å².